The highest BCUT2D eigenvalue weighted by molar-refractivity contribution is 6.42. The SMILES string of the molecule is Cl.Clc1ccc([C@@H](Oc2ccccc2Cl)C2CNC2)cc1Cl. The van der Waals surface area contributed by atoms with Crippen molar-refractivity contribution in [2.75, 3.05) is 13.1 Å². The summed E-state index contributed by atoms with van der Waals surface area (Å²) in [5.41, 5.74) is 1.01. The Labute approximate surface area is 151 Å². The van der Waals surface area contributed by atoms with E-state index >= 15 is 0 Å². The van der Waals surface area contributed by atoms with Gasteiger partial charge in [0.15, 0.2) is 0 Å². The molecule has 0 spiro atoms. The van der Waals surface area contributed by atoms with Gasteiger partial charge in [0.1, 0.15) is 11.9 Å². The van der Waals surface area contributed by atoms with Crippen LogP contribution in [-0.4, -0.2) is 13.1 Å². The number of hydrogen-bond acceptors (Lipinski definition) is 2. The summed E-state index contributed by atoms with van der Waals surface area (Å²) in [5, 5.41) is 4.95. The second-order valence-corrected chi connectivity index (χ2v) is 6.28. The molecule has 1 atom stereocenters. The molecule has 118 valence electrons. The zero-order chi connectivity index (χ0) is 14.8. The van der Waals surface area contributed by atoms with Gasteiger partial charge in [-0.25, -0.2) is 0 Å². The smallest absolute Gasteiger partial charge is 0.138 e. The molecule has 0 saturated carbocycles. The van der Waals surface area contributed by atoms with E-state index in [2.05, 4.69) is 5.32 Å². The van der Waals surface area contributed by atoms with Crippen LogP contribution in [0, 0.1) is 5.92 Å². The number of para-hydroxylation sites is 1. The van der Waals surface area contributed by atoms with E-state index in [0.29, 0.717) is 26.7 Å². The third kappa shape index (κ3) is 3.81. The predicted octanol–water partition coefficient (Wildman–Crippen LogP) is 5.41. The molecule has 1 fully saturated rings. The molecule has 1 N–H and O–H groups in total. The van der Waals surface area contributed by atoms with Crippen LogP contribution in [0.5, 0.6) is 5.75 Å². The van der Waals surface area contributed by atoms with Gasteiger partial charge in [-0.3, -0.25) is 0 Å². The van der Waals surface area contributed by atoms with Crippen LogP contribution in [0.4, 0.5) is 0 Å². The van der Waals surface area contributed by atoms with Crippen molar-refractivity contribution in [3.8, 4) is 5.75 Å². The van der Waals surface area contributed by atoms with Crippen molar-refractivity contribution in [1.29, 1.82) is 0 Å². The summed E-state index contributed by atoms with van der Waals surface area (Å²) in [7, 11) is 0. The van der Waals surface area contributed by atoms with Gasteiger partial charge in [0, 0.05) is 19.0 Å². The van der Waals surface area contributed by atoms with Crippen LogP contribution >= 0.6 is 47.2 Å². The molecule has 0 radical (unpaired) electrons. The van der Waals surface area contributed by atoms with E-state index in [1.165, 1.54) is 0 Å². The third-order valence-electron chi connectivity index (χ3n) is 3.60. The Kier molecular flexibility index (Phi) is 6.25. The van der Waals surface area contributed by atoms with Gasteiger partial charge >= 0.3 is 0 Å². The van der Waals surface area contributed by atoms with Crippen LogP contribution in [0.1, 0.15) is 11.7 Å². The van der Waals surface area contributed by atoms with Crippen LogP contribution < -0.4 is 10.1 Å². The number of nitrogens with one attached hydrogen (secondary N) is 1. The maximum Gasteiger partial charge on any atom is 0.138 e. The molecule has 2 nitrogen and oxygen atoms in total. The summed E-state index contributed by atoms with van der Waals surface area (Å²) >= 11 is 18.3. The minimum Gasteiger partial charge on any atom is -0.484 e. The van der Waals surface area contributed by atoms with E-state index in [1.54, 1.807) is 6.07 Å². The lowest BCUT2D eigenvalue weighted by molar-refractivity contribution is 0.0994. The summed E-state index contributed by atoms with van der Waals surface area (Å²) in [4.78, 5) is 0. The van der Waals surface area contributed by atoms with Crippen LogP contribution in [-0.2, 0) is 0 Å². The summed E-state index contributed by atoms with van der Waals surface area (Å²) in [6.45, 7) is 1.82. The third-order valence-corrected chi connectivity index (χ3v) is 4.66. The Morgan fingerprint density at radius 2 is 1.68 bits per heavy atom. The molecule has 2 aromatic carbocycles. The second-order valence-electron chi connectivity index (χ2n) is 5.06. The van der Waals surface area contributed by atoms with E-state index in [9.17, 15) is 0 Å². The maximum atomic E-state index is 6.19. The lowest BCUT2D eigenvalue weighted by Gasteiger charge is -2.35. The van der Waals surface area contributed by atoms with E-state index in [0.717, 1.165) is 18.7 Å². The molecule has 1 saturated heterocycles. The maximum absolute atomic E-state index is 6.19. The lowest BCUT2D eigenvalue weighted by Crippen LogP contribution is -2.46. The van der Waals surface area contributed by atoms with Crippen molar-refractivity contribution < 1.29 is 4.74 Å². The Bertz CT molecular complexity index is 646. The number of benzene rings is 2. The summed E-state index contributed by atoms with van der Waals surface area (Å²) in [5.74, 6) is 1.07. The Morgan fingerprint density at radius 3 is 2.27 bits per heavy atom. The van der Waals surface area contributed by atoms with Crippen LogP contribution in [0.2, 0.25) is 15.1 Å². The van der Waals surface area contributed by atoms with Gasteiger partial charge < -0.3 is 10.1 Å². The van der Waals surface area contributed by atoms with Crippen molar-refractivity contribution >= 4 is 47.2 Å². The van der Waals surface area contributed by atoms with E-state index in [1.807, 2.05) is 36.4 Å². The fourth-order valence-corrected chi connectivity index (χ4v) is 2.81. The molecule has 1 aliphatic rings. The van der Waals surface area contributed by atoms with E-state index in [4.69, 9.17) is 39.5 Å². The van der Waals surface area contributed by atoms with Gasteiger partial charge in [-0.1, -0.05) is 53.0 Å². The molecule has 0 aliphatic carbocycles. The molecule has 1 aliphatic heterocycles. The molecule has 0 amide bonds. The van der Waals surface area contributed by atoms with Gasteiger partial charge in [0.05, 0.1) is 15.1 Å². The number of halogens is 4. The van der Waals surface area contributed by atoms with E-state index < -0.39 is 0 Å². The van der Waals surface area contributed by atoms with Crippen LogP contribution in [0.15, 0.2) is 42.5 Å². The predicted molar refractivity (Wildman–Crippen MR) is 94.9 cm³/mol. The van der Waals surface area contributed by atoms with E-state index in [-0.39, 0.29) is 18.5 Å². The highest BCUT2D eigenvalue weighted by Gasteiger charge is 2.31. The quantitative estimate of drug-likeness (QED) is 0.767. The number of hydrogen-bond donors (Lipinski definition) is 1. The van der Waals surface area contributed by atoms with Crippen molar-refractivity contribution in [3.63, 3.8) is 0 Å². The van der Waals surface area contributed by atoms with Crippen molar-refractivity contribution in [3.05, 3.63) is 63.1 Å². The monoisotopic (exact) mass is 377 g/mol. The average Bonchev–Trinajstić information content (AvgIpc) is 2.41. The summed E-state index contributed by atoms with van der Waals surface area (Å²) in [6, 6.07) is 13.1. The van der Waals surface area contributed by atoms with Gasteiger partial charge in [0.2, 0.25) is 0 Å². The van der Waals surface area contributed by atoms with Crippen LogP contribution in [0.3, 0.4) is 0 Å². The molecule has 0 bridgehead atoms. The first-order valence-electron chi connectivity index (χ1n) is 6.72. The Morgan fingerprint density at radius 1 is 0.955 bits per heavy atom. The standard InChI is InChI=1S/C16H14Cl3NO.ClH/c17-12-6-5-10(7-14(12)19)16(11-8-20-9-11)21-15-4-2-1-3-13(15)18;/h1-7,11,16,20H,8-9H2;1H/t16-;/m1./s1. The first kappa shape index (κ1) is 17.7. The molecule has 1 heterocycles. The highest BCUT2D eigenvalue weighted by Crippen LogP contribution is 2.36. The first-order valence-corrected chi connectivity index (χ1v) is 7.85. The summed E-state index contributed by atoms with van der Waals surface area (Å²) in [6.07, 6.45) is -0.0964. The van der Waals surface area contributed by atoms with Crippen molar-refractivity contribution in [1.82, 2.24) is 5.32 Å². The first-order chi connectivity index (χ1) is 10.1. The molecule has 0 unspecified atom stereocenters. The zero-order valence-electron chi connectivity index (χ0n) is 11.6. The fraction of sp³-hybridized carbons (Fsp3) is 0.250. The van der Waals surface area contributed by atoms with Gasteiger partial charge in [-0.05, 0) is 29.8 Å². The average molecular weight is 379 g/mol. The Hall–Kier alpha value is -0.640. The Balaban J connectivity index is 0.00000176. The molecule has 6 heteroatoms. The fourth-order valence-electron chi connectivity index (χ4n) is 2.33. The topological polar surface area (TPSA) is 21.3 Å². The minimum atomic E-state index is -0.0964. The molecule has 22 heavy (non-hydrogen) atoms. The number of rotatable bonds is 4. The van der Waals surface area contributed by atoms with Gasteiger partial charge in [0.25, 0.3) is 0 Å². The molecular weight excluding hydrogens is 364 g/mol. The molecular formula is C16H15Cl4NO. The summed E-state index contributed by atoms with van der Waals surface area (Å²) < 4.78 is 6.16. The molecule has 2 aromatic rings. The normalized spacial score (nSPS) is 15.6. The second kappa shape index (κ2) is 7.76. The largest absolute Gasteiger partial charge is 0.484 e. The number of ether oxygens (including phenoxy) is 1. The van der Waals surface area contributed by atoms with Crippen molar-refractivity contribution in [2.45, 2.75) is 6.10 Å². The van der Waals surface area contributed by atoms with Gasteiger partial charge in [-0.2, -0.15) is 0 Å². The van der Waals surface area contributed by atoms with Crippen LogP contribution in [0.25, 0.3) is 0 Å². The van der Waals surface area contributed by atoms with Gasteiger partial charge in [-0.15, -0.1) is 12.4 Å². The molecule has 3 rings (SSSR count). The minimum absolute atomic E-state index is 0. The van der Waals surface area contributed by atoms with Crippen molar-refractivity contribution in [2.24, 2.45) is 5.92 Å². The lowest BCUT2D eigenvalue weighted by atomic mass is 9.91. The highest BCUT2D eigenvalue weighted by atomic mass is 35.5. The zero-order valence-corrected chi connectivity index (χ0v) is 14.6. The molecule has 0 aromatic heterocycles.